The van der Waals surface area contributed by atoms with Gasteiger partial charge in [-0.05, 0) is 18.6 Å². The maximum Gasteiger partial charge on any atom is 0.305 e. The highest BCUT2D eigenvalue weighted by Gasteiger charge is 2.02. The van der Waals surface area contributed by atoms with Gasteiger partial charge in [0, 0.05) is 6.42 Å². The smallest absolute Gasteiger partial charge is 0.305 e. The van der Waals surface area contributed by atoms with E-state index in [-0.39, 0.29) is 5.97 Å². The van der Waals surface area contributed by atoms with Crippen LogP contribution >= 0.6 is 0 Å². The molecule has 1 rings (SSSR count). The summed E-state index contributed by atoms with van der Waals surface area (Å²) in [6.45, 7) is 6.97. The van der Waals surface area contributed by atoms with Crippen LogP contribution in [0.1, 0.15) is 51.9 Å². The van der Waals surface area contributed by atoms with Crippen LogP contribution in [0.3, 0.4) is 0 Å². The van der Waals surface area contributed by atoms with E-state index in [1.54, 1.807) is 0 Å². The van der Waals surface area contributed by atoms with Crippen molar-refractivity contribution in [2.75, 3.05) is 66.1 Å². The summed E-state index contributed by atoms with van der Waals surface area (Å²) in [5, 5.41) is 0. The molecule has 0 radical (unpaired) electrons. The number of ether oxygens (including phenoxy) is 6. The molecule has 0 fully saturated rings. The first kappa shape index (κ1) is 28.4. The minimum Gasteiger partial charge on any atom is -0.491 e. The predicted octanol–water partition coefficient (Wildman–Crippen LogP) is 4.43. The second kappa shape index (κ2) is 22.5. The lowest BCUT2D eigenvalue weighted by Gasteiger charge is -2.08. The van der Waals surface area contributed by atoms with Crippen molar-refractivity contribution in [1.29, 1.82) is 0 Å². The topological polar surface area (TPSA) is 72.5 Å². The van der Waals surface area contributed by atoms with Gasteiger partial charge in [0.1, 0.15) is 19.0 Å². The standard InChI is InChI=1S/C25H42O7/c1-2-3-4-5-6-10-13-25(26)32-23-21-30-19-17-28-15-14-27-16-18-29-20-22-31-24-11-8-7-9-12-24/h7-9,11-12H,2-6,10,13-23H2,1H3. The molecule has 0 aliphatic carbocycles. The minimum absolute atomic E-state index is 0.134. The van der Waals surface area contributed by atoms with E-state index in [1.165, 1.54) is 25.7 Å². The molecule has 0 saturated heterocycles. The summed E-state index contributed by atoms with van der Waals surface area (Å²) in [6.07, 6.45) is 7.49. The van der Waals surface area contributed by atoms with Crippen LogP contribution in [0.4, 0.5) is 0 Å². The molecule has 0 saturated carbocycles. The number of esters is 1. The molecule has 0 N–H and O–H groups in total. The molecule has 7 nitrogen and oxygen atoms in total. The normalized spacial score (nSPS) is 10.9. The molecule has 0 bridgehead atoms. The SMILES string of the molecule is CCCCCCCCC(=O)OCCOCCOCCOCCOCCOc1ccccc1. The molecule has 0 heterocycles. The summed E-state index contributed by atoms with van der Waals surface area (Å²) in [6, 6.07) is 9.66. The molecule has 1 aromatic carbocycles. The van der Waals surface area contributed by atoms with Gasteiger partial charge in [-0.3, -0.25) is 4.79 Å². The Morgan fingerprint density at radius 3 is 1.72 bits per heavy atom. The van der Waals surface area contributed by atoms with E-state index in [0.29, 0.717) is 72.5 Å². The molecule has 0 unspecified atom stereocenters. The predicted molar refractivity (Wildman–Crippen MR) is 124 cm³/mol. The highest BCUT2D eigenvalue weighted by molar-refractivity contribution is 5.69. The number of benzene rings is 1. The van der Waals surface area contributed by atoms with Crippen molar-refractivity contribution in [1.82, 2.24) is 0 Å². The molecule has 0 atom stereocenters. The maximum absolute atomic E-state index is 11.6. The van der Waals surface area contributed by atoms with Crippen molar-refractivity contribution in [3.63, 3.8) is 0 Å². The average molecular weight is 455 g/mol. The lowest BCUT2D eigenvalue weighted by Crippen LogP contribution is -2.15. The fraction of sp³-hybridized carbons (Fsp3) is 0.720. The third kappa shape index (κ3) is 19.0. The van der Waals surface area contributed by atoms with Crippen LogP contribution in [0.15, 0.2) is 30.3 Å². The van der Waals surface area contributed by atoms with Crippen LogP contribution in [-0.2, 0) is 28.5 Å². The number of hydrogen-bond acceptors (Lipinski definition) is 7. The first-order valence-corrected chi connectivity index (χ1v) is 12.0. The van der Waals surface area contributed by atoms with Crippen LogP contribution in [0.2, 0.25) is 0 Å². The summed E-state index contributed by atoms with van der Waals surface area (Å²) in [5.74, 6) is 0.711. The van der Waals surface area contributed by atoms with Crippen LogP contribution in [0.5, 0.6) is 5.75 Å². The summed E-state index contributed by atoms with van der Waals surface area (Å²) in [5.41, 5.74) is 0. The van der Waals surface area contributed by atoms with Gasteiger partial charge in [-0.1, -0.05) is 57.2 Å². The van der Waals surface area contributed by atoms with Crippen molar-refractivity contribution in [2.45, 2.75) is 51.9 Å². The van der Waals surface area contributed by atoms with Crippen molar-refractivity contribution in [3.8, 4) is 5.75 Å². The second-order valence-electron chi connectivity index (χ2n) is 7.35. The fourth-order valence-electron chi connectivity index (χ4n) is 2.83. The van der Waals surface area contributed by atoms with Crippen molar-refractivity contribution >= 4 is 5.97 Å². The number of para-hydroxylation sites is 1. The Hall–Kier alpha value is -1.67. The monoisotopic (exact) mass is 454 g/mol. The largest absolute Gasteiger partial charge is 0.491 e. The summed E-state index contributed by atoms with van der Waals surface area (Å²) >= 11 is 0. The third-order valence-electron chi connectivity index (χ3n) is 4.58. The Morgan fingerprint density at radius 1 is 0.625 bits per heavy atom. The summed E-state index contributed by atoms with van der Waals surface area (Å²) in [4.78, 5) is 11.6. The van der Waals surface area contributed by atoms with Crippen molar-refractivity contribution in [3.05, 3.63) is 30.3 Å². The zero-order chi connectivity index (χ0) is 23.0. The number of rotatable bonds is 23. The number of unbranched alkanes of at least 4 members (excludes halogenated alkanes) is 5. The van der Waals surface area contributed by atoms with Crippen LogP contribution < -0.4 is 4.74 Å². The molecule has 184 valence electrons. The summed E-state index contributed by atoms with van der Waals surface area (Å²) in [7, 11) is 0. The lowest BCUT2D eigenvalue weighted by atomic mass is 10.1. The van der Waals surface area contributed by atoms with E-state index in [2.05, 4.69) is 6.92 Å². The zero-order valence-electron chi connectivity index (χ0n) is 19.8. The van der Waals surface area contributed by atoms with E-state index in [1.807, 2.05) is 30.3 Å². The maximum atomic E-state index is 11.6. The lowest BCUT2D eigenvalue weighted by molar-refractivity contribution is -0.145. The van der Waals surface area contributed by atoms with Crippen LogP contribution in [-0.4, -0.2) is 72.0 Å². The van der Waals surface area contributed by atoms with Crippen LogP contribution in [0, 0.1) is 0 Å². The van der Waals surface area contributed by atoms with Crippen LogP contribution in [0.25, 0.3) is 0 Å². The highest BCUT2D eigenvalue weighted by atomic mass is 16.6. The van der Waals surface area contributed by atoms with Gasteiger partial charge < -0.3 is 28.4 Å². The van der Waals surface area contributed by atoms with Gasteiger partial charge in [0.15, 0.2) is 0 Å². The van der Waals surface area contributed by atoms with E-state index in [4.69, 9.17) is 28.4 Å². The van der Waals surface area contributed by atoms with E-state index < -0.39 is 0 Å². The van der Waals surface area contributed by atoms with Gasteiger partial charge in [0.05, 0.1) is 52.9 Å². The minimum atomic E-state index is -0.134. The van der Waals surface area contributed by atoms with E-state index in [0.717, 1.165) is 18.6 Å². The third-order valence-corrected chi connectivity index (χ3v) is 4.58. The molecule has 1 aromatic rings. The molecule has 0 aliphatic heterocycles. The molecule has 7 heteroatoms. The first-order chi connectivity index (χ1) is 15.8. The Balaban J connectivity index is 1.71. The quantitative estimate of drug-likeness (QED) is 0.179. The number of hydrogen-bond donors (Lipinski definition) is 0. The van der Waals surface area contributed by atoms with Crippen molar-refractivity contribution in [2.24, 2.45) is 0 Å². The van der Waals surface area contributed by atoms with E-state index >= 15 is 0 Å². The molecular weight excluding hydrogens is 412 g/mol. The Morgan fingerprint density at radius 2 is 1.12 bits per heavy atom. The van der Waals surface area contributed by atoms with Gasteiger partial charge in [-0.25, -0.2) is 0 Å². The molecule has 0 aliphatic rings. The second-order valence-corrected chi connectivity index (χ2v) is 7.35. The molecule has 0 amide bonds. The number of carbonyl (C=O) groups is 1. The van der Waals surface area contributed by atoms with Gasteiger partial charge in [-0.15, -0.1) is 0 Å². The average Bonchev–Trinajstić information content (AvgIpc) is 2.81. The van der Waals surface area contributed by atoms with Crippen molar-refractivity contribution < 1.29 is 33.2 Å². The first-order valence-electron chi connectivity index (χ1n) is 12.0. The van der Waals surface area contributed by atoms with Gasteiger partial charge >= 0.3 is 5.97 Å². The summed E-state index contributed by atoms with van der Waals surface area (Å²) < 4.78 is 32.4. The number of carbonyl (C=O) groups excluding carboxylic acids is 1. The highest BCUT2D eigenvalue weighted by Crippen LogP contribution is 2.08. The Kier molecular flexibility index (Phi) is 20.0. The van der Waals surface area contributed by atoms with E-state index in [9.17, 15) is 4.79 Å². The molecule has 0 spiro atoms. The molecule has 32 heavy (non-hydrogen) atoms. The Labute approximate surface area is 193 Å². The van der Waals surface area contributed by atoms with Gasteiger partial charge in [0.2, 0.25) is 0 Å². The molecular formula is C25H42O7. The van der Waals surface area contributed by atoms with Gasteiger partial charge in [-0.2, -0.15) is 0 Å². The molecule has 0 aromatic heterocycles. The Bertz CT molecular complexity index is 524. The fourth-order valence-corrected chi connectivity index (χ4v) is 2.83. The van der Waals surface area contributed by atoms with Gasteiger partial charge in [0.25, 0.3) is 0 Å². The zero-order valence-corrected chi connectivity index (χ0v) is 19.8.